The molecule has 1 aliphatic rings. The number of nitrogen functional groups attached to an aromatic ring is 1. The van der Waals surface area contributed by atoms with E-state index in [1.54, 1.807) is 24.3 Å². The Kier molecular flexibility index (Phi) is 7.06. The first-order chi connectivity index (χ1) is 12.0. The minimum Gasteiger partial charge on any atom is -0.399 e. The van der Waals surface area contributed by atoms with Crippen LogP contribution in [-0.4, -0.2) is 11.7 Å². The minimum absolute atomic E-state index is 0. The number of halogens is 2. The van der Waals surface area contributed by atoms with Crippen LogP contribution in [0, 0.1) is 0 Å². The van der Waals surface area contributed by atoms with Gasteiger partial charge in [-0.05, 0) is 66.8 Å². The number of ketones is 1. The SMILES string of the molecule is Cl.Nc1ccc2c(c1)CCCC2NC(=O)CCC(=O)c1ccc(Cl)cc1. The zero-order valence-corrected chi connectivity index (χ0v) is 15.9. The summed E-state index contributed by atoms with van der Waals surface area (Å²) in [5.41, 5.74) is 9.51. The Morgan fingerprint density at radius 1 is 1.12 bits per heavy atom. The average molecular weight is 393 g/mol. The molecule has 0 aromatic heterocycles. The van der Waals surface area contributed by atoms with E-state index in [9.17, 15) is 9.59 Å². The summed E-state index contributed by atoms with van der Waals surface area (Å²) >= 11 is 5.82. The molecule has 0 saturated heterocycles. The lowest BCUT2D eigenvalue weighted by molar-refractivity contribution is -0.121. The standard InChI is InChI=1S/C20H21ClN2O2.ClH/c21-15-6-4-13(5-7-15)19(24)10-11-20(25)23-18-3-1-2-14-12-16(22)8-9-17(14)18;/h4-9,12,18H,1-3,10-11,22H2,(H,23,25);1H. The highest BCUT2D eigenvalue weighted by Crippen LogP contribution is 2.31. The Morgan fingerprint density at radius 3 is 2.58 bits per heavy atom. The van der Waals surface area contributed by atoms with Crippen molar-refractivity contribution in [3.05, 3.63) is 64.2 Å². The number of nitrogens with one attached hydrogen (secondary N) is 1. The van der Waals surface area contributed by atoms with Crippen LogP contribution in [0.2, 0.25) is 5.02 Å². The lowest BCUT2D eigenvalue weighted by Crippen LogP contribution is -2.31. The number of carbonyl (C=O) groups excluding carboxylic acids is 2. The highest BCUT2D eigenvalue weighted by atomic mass is 35.5. The first kappa shape index (κ1) is 20.3. The summed E-state index contributed by atoms with van der Waals surface area (Å²) in [6, 6.07) is 12.6. The molecule has 138 valence electrons. The van der Waals surface area contributed by atoms with Crippen LogP contribution >= 0.6 is 24.0 Å². The second kappa shape index (κ2) is 9.06. The molecule has 1 atom stereocenters. The molecule has 3 N–H and O–H groups in total. The number of aryl methyl sites for hydroxylation is 1. The Bertz CT molecular complexity index is 791. The molecule has 3 rings (SSSR count). The van der Waals surface area contributed by atoms with Crippen LogP contribution in [0.3, 0.4) is 0 Å². The molecule has 6 heteroatoms. The Morgan fingerprint density at radius 2 is 1.85 bits per heavy atom. The first-order valence-electron chi connectivity index (χ1n) is 8.49. The number of nitrogens with two attached hydrogens (primary N) is 1. The number of anilines is 1. The van der Waals surface area contributed by atoms with Crippen molar-refractivity contribution < 1.29 is 9.59 Å². The number of rotatable bonds is 5. The zero-order valence-electron chi connectivity index (χ0n) is 14.3. The molecule has 0 bridgehead atoms. The first-order valence-corrected chi connectivity index (χ1v) is 8.87. The smallest absolute Gasteiger partial charge is 0.220 e. The van der Waals surface area contributed by atoms with E-state index >= 15 is 0 Å². The summed E-state index contributed by atoms with van der Waals surface area (Å²) in [6.45, 7) is 0. The van der Waals surface area contributed by atoms with Crippen LogP contribution in [-0.2, 0) is 11.2 Å². The van der Waals surface area contributed by atoms with Crippen molar-refractivity contribution in [2.45, 2.75) is 38.1 Å². The molecular weight excluding hydrogens is 371 g/mol. The number of amides is 1. The molecule has 2 aromatic rings. The second-order valence-corrected chi connectivity index (χ2v) is 6.84. The molecule has 1 aliphatic carbocycles. The molecule has 0 aliphatic heterocycles. The van der Waals surface area contributed by atoms with Gasteiger partial charge in [0.2, 0.25) is 5.91 Å². The molecule has 1 unspecified atom stereocenters. The van der Waals surface area contributed by atoms with E-state index in [1.165, 1.54) is 5.56 Å². The Balaban J connectivity index is 0.00000243. The monoisotopic (exact) mass is 392 g/mol. The zero-order chi connectivity index (χ0) is 17.8. The van der Waals surface area contributed by atoms with Crippen molar-refractivity contribution in [2.75, 3.05) is 5.73 Å². The predicted octanol–water partition coefficient (Wildman–Crippen LogP) is 4.50. The molecule has 0 spiro atoms. The fourth-order valence-corrected chi connectivity index (χ4v) is 3.38. The van der Waals surface area contributed by atoms with Gasteiger partial charge in [-0.15, -0.1) is 12.4 Å². The molecule has 2 aromatic carbocycles. The highest BCUT2D eigenvalue weighted by molar-refractivity contribution is 6.30. The second-order valence-electron chi connectivity index (χ2n) is 6.40. The molecule has 0 radical (unpaired) electrons. The normalized spacial score (nSPS) is 15.5. The van der Waals surface area contributed by atoms with E-state index in [0.29, 0.717) is 10.6 Å². The third-order valence-electron chi connectivity index (χ3n) is 4.56. The van der Waals surface area contributed by atoms with E-state index in [2.05, 4.69) is 5.32 Å². The number of carbonyl (C=O) groups is 2. The third-order valence-corrected chi connectivity index (χ3v) is 4.81. The molecule has 0 saturated carbocycles. The topological polar surface area (TPSA) is 72.2 Å². The summed E-state index contributed by atoms with van der Waals surface area (Å²) in [6.07, 6.45) is 3.29. The quantitative estimate of drug-likeness (QED) is 0.580. The molecule has 1 amide bonds. The van der Waals surface area contributed by atoms with Gasteiger partial charge in [0.1, 0.15) is 0 Å². The number of Topliss-reactive ketones (excluding diaryl/α,β-unsaturated/α-hetero) is 1. The van der Waals surface area contributed by atoms with Crippen LogP contribution in [0.5, 0.6) is 0 Å². The summed E-state index contributed by atoms with van der Waals surface area (Å²) in [5.74, 6) is -0.152. The fraction of sp³-hybridized carbons (Fsp3) is 0.300. The van der Waals surface area contributed by atoms with Gasteiger partial charge in [0.15, 0.2) is 5.78 Å². The average Bonchev–Trinajstić information content (AvgIpc) is 2.60. The Labute approximate surface area is 164 Å². The number of hydrogen-bond acceptors (Lipinski definition) is 3. The molecule has 26 heavy (non-hydrogen) atoms. The van der Waals surface area contributed by atoms with E-state index < -0.39 is 0 Å². The highest BCUT2D eigenvalue weighted by Gasteiger charge is 2.22. The van der Waals surface area contributed by atoms with Gasteiger partial charge in [-0.3, -0.25) is 9.59 Å². The van der Waals surface area contributed by atoms with Crippen LogP contribution < -0.4 is 11.1 Å². The van der Waals surface area contributed by atoms with Crippen molar-refractivity contribution >= 4 is 41.4 Å². The van der Waals surface area contributed by atoms with Gasteiger partial charge >= 0.3 is 0 Å². The van der Waals surface area contributed by atoms with Crippen molar-refractivity contribution in [2.24, 2.45) is 0 Å². The van der Waals surface area contributed by atoms with Crippen molar-refractivity contribution in [3.63, 3.8) is 0 Å². The fourth-order valence-electron chi connectivity index (χ4n) is 3.26. The van der Waals surface area contributed by atoms with E-state index in [-0.39, 0.29) is 43.0 Å². The van der Waals surface area contributed by atoms with Crippen molar-refractivity contribution in [1.29, 1.82) is 0 Å². The maximum absolute atomic E-state index is 12.3. The van der Waals surface area contributed by atoms with Gasteiger partial charge in [-0.2, -0.15) is 0 Å². The van der Waals surface area contributed by atoms with Crippen LogP contribution in [0.15, 0.2) is 42.5 Å². The van der Waals surface area contributed by atoms with Crippen LogP contribution in [0.1, 0.15) is 53.2 Å². The lowest BCUT2D eigenvalue weighted by atomic mass is 9.87. The molecule has 0 fully saturated rings. The third kappa shape index (κ3) is 4.99. The number of fused-ring (bicyclic) bond motifs is 1. The van der Waals surface area contributed by atoms with Crippen molar-refractivity contribution in [3.8, 4) is 0 Å². The summed E-state index contributed by atoms with van der Waals surface area (Å²) < 4.78 is 0. The summed E-state index contributed by atoms with van der Waals surface area (Å²) in [5, 5.41) is 3.65. The van der Waals surface area contributed by atoms with Gasteiger partial charge in [-0.1, -0.05) is 17.7 Å². The molecule has 0 heterocycles. The summed E-state index contributed by atoms with van der Waals surface area (Å²) in [4.78, 5) is 24.4. The van der Waals surface area contributed by atoms with E-state index in [4.69, 9.17) is 17.3 Å². The van der Waals surface area contributed by atoms with Gasteiger partial charge < -0.3 is 11.1 Å². The molecular formula is C20H22Cl2N2O2. The van der Waals surface area contributed by atoms with Crippen LogP contribution in [0.25, 0.3) is 0 Å². The minimum atomic E-state index is -0.100. The van der Waals surface area contributed by atoms with Crippen LogP contribution in [0.4, 0.5) is 5.69 Å². The lowest BCUT2D eigenvalue weighted by Gasteiger charge is -2.26. The maximum atomic E-state index is 12.3. The van der Waals surface area contributed by atoms with Gasteiger partial charge in [0, 0.05) is 29.1 Å². The van der Waals surface area contributed by atoms with Gasteiger partial charge in [0.05, 0.1) is 6.04 Å². The van der Waals surface area contributed by atoms with E-state index in [1.807, 2.05) is 18.2 Å². The Hall–Kier alpha value is -2.04. The van der Waals surface area contributed by atoms with Gasteiger partial charge in [-0.25, -0.2) is 0 Å². The maximum Gasteiger partial charge on any atom is 0.220 e. The summed E-state index contributed by atoms with van der Waals surface area (Å²) in [7, 11) is 0. The largest absolute Gasteiger partial charge is 0.399 e. The van der Waals surface area contributed by atoms with Crippen molar-refractivity contribution in [1.82, 2.24) is 5.32 Å². The number of hydrogen-bond donors (Lipinski definition) is 2. The molecule has 4 nitrogen and oxygen atoms in total. The van der Waals surface area contributed by atoms with E-state index in [0.717, 1.165) is 30.5 Å². The van der Waals surface area contributed by atoms with Gasteiger partial charge in [0.25, 0.3) is 0 Å². The number of benzene rings is 2. The predicted molar refractivity (Wildman–Crippen MR) is 107 cm³/mol.